The zero-order valence-electron chi connectivity index (χ0n) is 8.52. The number of aliphatic hydroxyl groups excluding tert-OH is 1. The van der Waals surface area contributed by atoms with E-state index in [9.17, 15) is 4.55 Å². The third-order valence-electron chi connectivity index (χ3n) is 1.73. The Hall–Kier alpha value is -1.11. The van der Waals surface area contributed by atoms with E-state index in [2.05, 4.69) is 4.72 Å². The maximum atomic E-state index is 11.0. The van der Waals surface area contributed by atoms with Crippen molar-refractivity contribution in [3.05, 3.63) is 18.2 Å². The molecule has 1 aromatic carbocycles. The van der Waals surface area contributed by atoms with Gasteiger partial charge in [-0.25, -0.2) is 4.72 Å². The first-order valence-corrected chi connectivity index (χ1v) is 5.51. The number of anilines is 1. The number of hydrogen-bond acceptors (Lipinski definition) is 5. The zero-order chi connectivity index (χ0) is 11.3. The highest BCUT2D eigenvalue weighted by molar-refractivity contribution is 7.92. The van der Waals surface area contributed by atoms with Crippen LogP contribution in [0.5, 0.6) is 11.5 Å². The molecule has 1 unspecified atom stereocenters. The molecule has 0 aliphatic rings. The summed E-state index contributed by atoms with van der Waals surface area (Å²) in [5, 5.41) is 8.60. The lowest BCUT2D eigenvalue weighted by molar-refractivity contribution is 0.355. The van der Waals surface area contributed by atoms with Crippen molar-refractivity contribution in [2.24, 2.45) is 0 Å². The largest absolute Gasteiger partial charge is 0.591 e. The first-order chi connectivity index (χ1) is 7.21. The van der Waals surface area contributed by atoms with Crippen LogP contribution in [0.1, 0.15) is 0 Å². The molecular formula is C9H13NO4S. The van der Waals surface area contributed by atoms with Gasteiger partial charge in [0.25, 0.3) is 0 Å². The fourth-order valence-corrected chi connectivity index (χ4v) is 1.52. The van der Waals surface area contributed by atoms with Crippen molar-refractivity contribution in [3.63, 3.8) is 0 Å². The first kappa shape index (κ1) is 12.0. The highest BCUT2D eigenvalue weighted by Crippen LogP contribution is 2.29. The van der Waals surface area contributed by atoms with E-state index in [1.165, 1.54) is 14.2 Å². The number of nitrogens with one attached hydrogen (secondary N) is 1. The third kappa shape index (κ3) is 3.19. The van der Waals surface area contributed by atoms with Gasteiger partial charge >= 0.3 is 0 Å². The third-order valence-corrected chi connectivity index (χ3v) is 2.43. The summed E-state index contributed by atoms with van der Waals surface area (Å²) in [6.07, 6.45) is 0. The summed E-state index contributed by atoms with van der Waals surface area (Å²) in [5.74, 6) is 0.698. The van der Waals surface area contributed by atoms with E-state index in [1.807, 2.05) is 0 Å². The minimum absolute atomic E-state index is 0.436. The summed E-state index contributed by atoms with van der Waals surface area (Å²) in [6, 6.07) is 5.02. The molecule has 0 heterocycles. The van der Waals surface area contributed by atoms with E-state index in [4.69, 9.17) is 14.6 Å². The molecule has 2 N–H and O–H groups in total. The lowest BCUT2D eigenvalue weighted by Crippen LogP contribution is -2.16. The number of methoxy groups -OCH3 is 2. The molecular weight excluding hydrogens is 218 g/mol. The number of benzene rings is 1. The van der Waals surface area contributed by atoms with Gasteiger partial charge in [-0.15, -0.1) is 0 Å². The molecule has 0 saturated heterocycles. The Balaban J connectivity index is 2.83. The monoisotopic (exact) mass is 231 g/mol. The first-order valence-electron chi connectivity index (χ1n) is 4.19. The summed E-state index contributed by atoms with van der Waals surface area (Å²) in [6.45, 7) is 0. The van der Waals surface area contributed by atoms with Crippen LogP contribution in [0.25, 0.3) is 0 Å². The molecule has 0 aromatic heterocycles. The highest BCUT2D eigenvalue weighted by Gasteiger charge is 2.08. The fraction of sp³-hybridized carbons (Fsp3) is 0.333. The van der Waals surface area contributed by atoms with E-state index in [1.54, 1.807) is 18.2 Å². The lowest BCUT2D eigenvalue weighted by atomic mass is 10.3. The van der Waals surface area contributed by atoms with E-state index in [0.29, 0.717) is 17.2 Å². The second kappa shape index (κ2) is 5.69. The maximum Gasteiger partial charge on any atom is 0.228 e. The van der Waals surface area contributed by atoms with Gasteiger partial charge in [-0.05, 0) is 12.1 Å². The van der Waals surface area contributed by atoms with Gasteiger partial charge in [0.05, 0.1) is 31.3 Å². The Morgan fingerprint density at radius 1 is 1.33 bits per heavy atom. The Morgan fingerprint density at radius 2 is 2.00 bits per heavy atom. The van der Waals surface area contributed by atoms with Crippen molar-refractivity contribution in [1.82, 2.24) is 0 Å². The van der Waals surface area contributed by atoms with Crippen molar-refractivity contribution < 1.29 is 19.1 Å². The van der Waals surface area contributed by atoms with Gasteiger partial charge < -0.3 is 19.1 Å². The molecule has 0 radical (unpaired) electrons. The number of aliphatic hydroxyl groups is 1. The Bertz CT molecular complexity index is 321. The highest BCUT2D eigenvalue weighted by atomic mass is 32.2. The van der Waals surface area contributed by atoms with Crippen molar-refractivity contribution in [1.29, 1.82) is 0 Å². The van der Waals surface area contributed by atoms with Crippen molar-refractivity contribution >= 4 is 17.0 Å². The predicted molar refractivity (Wildman–Crippen MR) is 58.4 cm³/mol. The van der Waals surface area contributed by atoms with Crippen molar-refractivity contribution in [2.75, 3.05) is 24.9 Å². The molecule has 0 fully saturated rings. The van der Waals surface area contributed by atoms with Crippen LogP contribution in [0, 0.1) is 0 Å². The normalized spacial score (nSPS) is 12.0. The van der Waals surface area contributed by atoms with E-state index in [0.717, 1.165) is 0 Å². The van der Waals surface area contributed by atoms with Crippen LogP contribution in [0.2, 0.25) is 0 Å². The van der Waals surface area contributed by atoms with Crippen LogP contribution >= 0.6 is 0 Å². The summed E-state index contributed by atoms with van der Waals surface area (Å²) >= 11 is -1.49. The molecule has 1 aromatic rings. The van der Waals surface area contributed by atoms with Crippen LogP contribution in [-0.4, -0.2) is 29.8 Å². The van der Waals surface area contributed by atoms with Crippen LogP contribution in [-0.2, 0) is 11.4 Å². The molecule has 0 spiro atoms. The van der Waals surface area contributed by atoms with Crippen LogP contribution in [0.4, 0.5) is 5.69 Å². The van der Waals surface area contributed by atoms with Gasteiger partial charge in [0.1, 0.15) is 0 Å². The molecule has 0 aliphatic heterocycles. The van der Waals surface area contributed by atoms with Crippen molar-refractivity contribution in [2.45, 2.75) is 0 Å². The smallest absolute Gasteiger partial charge is 0.228 e. The van der Waals surface area contributed by atoms with Crippen molar-refractivity contribution in [3.8, 4) is 11.5 Å². The number of ether oxygens (including phenoxy) is 2. The standard InChI is InChI=1S/C9H13NO4S/c1-13-8-4-3-7(5-9(8)14-2)10-15(12)6-11/h3-5,10-11H,6H2,1-2H3. The minimum atomic E-state index is -1.49. The second-order valence-corrected chi connectivity index (χ2v) is 3.80. The van der Waals surface area contributed by atoms with Crippen LogP contribution in [0.15, 0.2) is 18.2 Å². The van der Waals surface area contributed by atoms with Gasteiger partial charge in [0.2, 0.25) is 5.94 Å². The summed E-state index contributed by atoms with van der Waals surface area (Å²) < 4.78 is 23.7. The number of hydrogen-bond donors (Lipinski definition) is 2. The van der Waals surface area contributed by atoms with E-state index in [-0.39, 0.29) is 0 Å². The fourth-order valence-electron chi connectivity index (χ4n) is 1.06. The Morgan fingerprint density at radius 3 is 2.53 bits per heavy atom. The average Bonchev–Trinajstić information content (AvgIpc) is 2.28. The lowest BCUT2D eigenvalue weighted by Gasteiger charge is -2.12. The Kier molecular flexibility index (Phi) is 4.54. The van der Waals surface area contributed by atoms with Gasteiger partial charge in [-0.1, -0.05) is 0 Å². The molecule has 0 aliphatic carbocycles. The SMILES string of the molecule is COc1ccc(N[S+]([O-])CO)cc1OC. The molecule has 5 nitrogen and oxygen atoms in total. The maximum absolute atomic E-state index is 11.0. The second-order valence-electron chi connectivity index (χ2n) is 2.65. The van der Waals surface area contributed by atoms with Gasteiger partial charge in [0.15, 0.2) is 11.5 Å². The molecule has 15 heavy (non-hydrogen) atoms. The Labute approximate surface area is 91.3 Å². The topological polar surface area (TPSA) is 73.8 Å². The zero-order valence-corrected chi connectivity index (χ0v) is 9.34. The summed E-state index contributed by atoms with van der Waals surface area (Å²) in [7, 11) is 3.06. The van der Waals surface area contributed by atoms with Gasteiger partial charge in [-0.3, -0.25) is 0 Å². The molecule has 1 rings (SSSR count). The molecule has 1 atom stereocenters. The van der Waals surface area contributed by atoms with Gasteiger partial charge in [-0.2, -0.15) is 0 Å². The van der Waals surface area contributed by atoms with E-state index >= 15 is 0 Å². The molecule has 0 bridgehead atoms. The van der Waals surface area contributed by atoms with Crippen LogP contribution in [0.3, 0.4) is 0 Å². The molecule has 6 heteroatoms. The molecule has 0 amide bonds. The summed E-state index contributed by atoms with van der Waals surface area (Å²) in [5.41, 5.74) is 0.597. The summed E-state index contributed by atoms with van der Waals surface area (Å²) in [4.78, 5) is 0. The average molecular weight is 231 g/mol. The quantitative estimate of drug-likeness (QED) is 0.731. The number of rotatable bonds is 5. The van der Waals surface area contributed by atoms with Gasteiger partial charge in [0, 0.05) is 6.07 Å². The molecule has 0 saturated carbocycles. The minimum Gasteiger partial charge on any atom is -0.591 e. The molecule has 84 valence electrons. The van der Waals surface area contributed by atoms with E-state index < -0.39 is 17.3 Å². The van der Waals surface area contributed by atoms with Crippen LogP contribution < -0.4 is 14.2 Å². The predicted octanol–water partition coefficient (Wildman–Crippen LogP) is 0.729.